The topological polar surface area (TPSA) is 29.5 Å². The van der Waals surface area contributed by atoms with Crippen molar-refractivity contribution in [2.75, 3.05) is 26.2 Å². The highest BCUT2D eigenvalue weighted by molar-refractivity contribution is 5.89. The van der Waals surface area contributed by atoms with Gasteiger partial charge >= 0.3 is 5.97 Å². The molecule has 0 aromatic heterocycles. The van der Waals surface area contributed by atoms with Crippen molar-refractivity contribution >= 4 is 5.97 Å². The van der Waals surface area contributed by atoms with Crippen molar-refractivity contribution in [2.45, 2.75) is 13.3 Å². The standard InChI is InChI=1S/C10H15NO2/c1-2-13-10(12)9-5-8-3-4-11(6-8)7-9/h5,8H,2-4,6-7H2,1H3. The lowest BCUT2D eigenvalue weighted by atomic mass is 10.0. The van der Waals surface area contributed by atoms with Crippen LogP contribution in [0.3, 0.4) is 0 Å². The van der Waals surface area contributed by atoms with Gasteiger partial charge in [-0.05, 0) is 25.8 Å². The van der Waals surface area contributed by atoms with Crippen LogP contribution in [0.15, 0.2) is 11.6 Å². The summed E-state index contributed by atoms with van der Waals surface area (Å²) in [5.74, 6) is 0.465. The Labute approximate surface area is 78.4 Å². The van der Waals surface area contributed by atoms with Gasteiger partial charge in [0.05, 0.1) is 6.61 Å². The van der Waals surface area contributed by atoms with Crippen molar-refractivity contribution in [3.8, 4) is 0 Å². The quantitative estimate of drug-likeness (QED) is 0.590. The highest BCUT2D eigenvalue weighted by Crippen LogP contribution is 2.25. The molecule has 2 atom stereocenters. The largest absolute Gasteiger partial charge is 0.463 e. The highest BCUT2D eigenvalue weighted by Gasteiger charge is 2.29. The molecule has 72 valence electrons. The van der Waals surface area contributed by atoms with E-state index in [0.717, 1.165) is 25.2 Å². The Morgan fingerprint density at radius 2 is 2.62 bits per heavy atom. The average molecular weight is 181 g/mol. The van der Waals surface area contributed by atoms with Crippen LogP contribution in [-0.4, -0.2) is 37.1 Å². The first-order valence-electron chi connectivity index (χ1n) is 4.89. The second-order valence-corrected chi connectivity index (χ2v) is 3.70. The first-order chi connectivity index (χ1) is 6.29. The minimum atomic E-state index is -0.126. The molecule has 2 unspecified atom stereocenters. The van der Waals surface area contributed by atoms with E-state index in [1.165, 1.54) is 6.42 Å². The molecule has 0 aliphatic carbocycles. The summed E-state index contributed by atoms with van der Waals surface area (Å²) in [5.41, 5.74) is 0.857. The first kappa shape index (κ1) is 8.75. The fourth-order valence-electron chi connectivity index (χ4n) is 2.08. The zero-order valence-electron chi connectivity index (χ0n) is 7.95. The van der Waals surface area contributed by atoms with E-state index < -0.39 is 0 Å². The van der Waals surface area contributed by atoms with Crippen molar-refractivity contribution in [2.24, 2.45) is 5.92 Å². The molecular weight excluding hydrogens is 166 g/mol. The third-order valence-electron chi connectivity index (χ3n) is 2.68. The zero-order valence-corrected chi connectivity index (χ0v) is 7.95. The van der Waals surface area contributed by atoms with Gasteiger partial charge in [-0.1, -0.05) is 6.08 Å². The minimum Gasteiger partial charge on any atom is -0.463 e. The van der Waals surface area contributed by atoms with Gasteiger partial charge < -0.3 is 4.74 Å². The maximum Gasteiger partial charge on any atom is 0.335 e. The van der Waals surface area contributed by atoms with E-state index in [1.54, 1.807) is 0 Å². The molecule has 1 fully saturated rings. The second kappa shape index (κ2) is 3.50. The van der Waals surface area contributed by atoms with Crippen molar-refractivity contribution in [1.82, 2.24) is 4.90 Å². The van der Waals surface area contributed by atoms with Gasteiger partial charge in [-0.15, -0.1) is 0 Å². The Morgan fingerprint density at radius 3 is 3.31 bits per heavy atom. The van der Waals surface area contributed by atoms with E-state index in [4.69, 9.17) is 4.74 Å². The first-order valence-corrected chi connectivity index (χ1v) is 4.89. The number of hydrogen-bond donors (Lipinski definition) is 0. The molecule has 0 aromatic rings. The smallest absolute Gasteiger partial charge is 0.335 e. The number of hydrogen-bond acceptors (Lipinski definition) is 3. The Hall–Kier alpha value is -0.830. The fourth-order valence-corrected chi connectivity index (χ4v) is 2.08. The van der Waals surface area contributed by atoms with Gasteiger partial charge in [-0.2, -0.15) is 0 Å². The lowest BCUT2D eigenvalue weighted by molar-refractivity contribution is -0.138. The lowest BCUT2D eigenvalue weighted by Crippen LogP contribution is -2.30. The Bertz CT molecular complexity index is 247. The summed E-state index contributed by atoms with van der Waals surface area (Å²) in [7, 11) is 0. The summed E-state index contributed by atoms with van der Waals surface area (Å²) in [6, 6.07) is 0. The van der Waals surface area contributed by atoms with Crippen molar-refractivity contribution in [3.05, 3.63) is 11.6 Å². The van der Waals surface area contributed by atoms with Gasteiger partial charge in [-0.3, -0.25) is 4.90 Å². The number of carbonyl (C=O) groups excluding carboxylic acids is 1. The molecule has 0 aromatic carbocycles. The van der Waals surface area contributed by atoms with Crippen molar-refractivity contribution < 1.29 is 9.53 Å². The van der Waals surface area contributed by atoms with Crippen LogP contribution in [0.4, 0.5) is 0 Å². The molecule has 1 saturated heterocycles. The van der Waals surface area contributed by atoms with Gasteiger partial charge in [0, 0.05) is 18.7 Å². The maximum absolute atomic E-state index is 11.4. The van der Waals surface area contributed by atoms with Gasteiger partial charge in [0.1, 0.15) is 0 Å². The Kier molecular flexibility index (Phi) is 2.36. The van der Waals surface area contributed by atoms with Crippen LogP contribution in [0, 0.1) is 5.92 Å². The molecule has 13 heavy (non-hydrogen) atoms. The van der Waals surface area contributed by atoms with Crippen LogP contribution in [0.5, 0.6) is 0 Å². The molecule has 3 nitrogen and oxygen atoms in total. The Morgan fingerprint density at radius 1 is 1.77 bits per heavy atom. The molecule has 2 aliphatic rings. The summed E-state index contributed by atoms with van der Waals surface area (Å²) >= 11 is 0. The number of ether oxygens (including phenoxy) is 1. The normalized spacial score (nSPS) is 31.3. The number of esters is 1. The summed E-state index contributed by atoms with van der Waals surface area (Å²) in [5, 5.41) is 0. The molecule has 2 rings (SSSR count). The molecule has 0 saturated carbocycles. The summed E-state index contributed by atoms with van der Waals surface area (Å²) < 4.78 is 4.97. The van der Waals surface area contributed by atoms with Gasteiger partial charge in [0.25, 0.3) is 0 Å². The molecule has 3 heteroatoms. The van der Waals surface area contributed by atoms with E-state index in [-0.39, 0.29) is 5.97 Å². The van der Waals surface area contributed by atoms with Crippen LogP contribution in [-0.2, 0) is 9.53 Å². The summed E-state index contributed by atoms with van der Waals surface area (Å²) in [6.45, 7) is 5.36. The molecule has 2 heterocycles. The van der Waals surface area contributed by atoms with Crippen molar-refractivity contribution in [3.63, 3.8) is 0 Å². The van der Waals surface area contributed by atoms with Crippen LogP contribution < -0.4 is 0 Å². The second-order valence-electron chi connectivity index (χ2n) is 3.70. The van der Waals surface area contributed by atoms with E-state index in [9.17, 15) is 4.79 Å². The molecular formula is C10H15NO2. The molecule has 2 bridgehead atoms. The van der Waals surface area contributed by atoms with Crippen LogP contribution >= 0.6 is 0 Å². The Balaban J connectivity index is 2.04. The lowest BCUT2D eigenvalue weighted by Gasteiger charge is -2.21. The number of rotatable bonds is 2. The molecule has 0 amide bonds. The van der Waals surface area contributed by atoms with E-state index >= 15 is 0 Å². The molecule has 0 spiro atoms. The average Bonchev–Trinajstić information content (AvgIpc) is 2.46. The van der Waals surface area contributed by atoms with E-state index in [1.807, 2.05) is 6.92 Å². The van der Waals surface area contributed by atoms with Crippen LogP contribution in [0.2, 0.25) is 0 Å². The summed E-state index contributed by atoms with van der Waals surface area (Å²) in [6.07, 6.45) is 3.30. The predicted octanol–water partition coefficient (Wildman–Crippen LogP) is 0.811. The highest BCUT2D eigenvalue weighted by atomic mass is 16.5. The zero-order chi connectivity index (χ0) is 9.26. The van der Waals surface area contributed by atoms with Crippen LogP contribution in [0.1, 0.15) is 13.3 Å². The van der Waals surface area contributed by atoms with E-state index in [2.05, 4.69) is 11.0 Å². The molecule has 2 aliphatic heterocycles. The van der Waals surface area contributed by atoms with E-state index in [0.29, 0.717) is 12.5 Å². The van der Waals surface area contributed by atoms with Crippen LogP contribution in [0.25, 0.3) is 0 Å². The monoisotopic (exact) mass is 181 g/mol. The molecule has 0 N–H and O–H groups in total. The predicted molar refractivity (Wildman–Crippen MR) is 49.3 cm³/mol. The maximum atomic E-state index is 11.4. The minimum absolute atomic E-state index is 0.126. The van der Waals surface area contributed by atoms with Gasteiger partial charge in [0.15, 0.2) is 0 Å². The van der Waals surface area contributed by atoms with Gasteiger partial charge in [0.2, 0.25) is 0 Å². The molecule has 0 radical (unpaired) electrons. The third kappa shape index (κ3) is 1.75. The number of carbonyl (C=O) groups is 1. The van der Waals surface area contributed by atoms with Gasteiger partial charge in [-0.25, -0.2) is 4.79 Å². The number of nitrogens with zero attached hydrogens (tertiary/aromatic N) is 1. The van der Waals surface area contributed by atoms with Crippen molar-refractivity contribution in [1.29, 1.82) is 0 Å². The number of fused-ring (bicyclic) bond motifs is 2. The SMILES string of the molecule is CCOC(=O)C1=CC2CCN(C1)C2. The third-order valence-corrected chi connectivity index (χ3v) is 2.68. The fraction of sp³-hybridized carbons (Fsp3) is 0.700. The summed E-state index contributed by atoms with van der Waals surface area (Å²) in [4.78, 5) is 13.7.